The Morgan fingerprint density at radius 3 is 2.30 bits per heavy atom. The first-order valence-corrected chi connectivity index (χ1v) is 7.48. The maximum Gasteiger partial charge on any atom is 0.248 e. The minimum atomic E-state index is 0.518. The van der Waals surface area contributed by atoms with Crippen LogP contribution in [0.5, 0.6) is 0 Å². The van der Waals surface area contributed by atoms with Crippen molar-refractivity contribution in [3.8, 4) is 22.9 Å². The molecule has 112 valence electrons. The molecule has 23 heavy (non-hydrogen) atoms. The van der Waals surface area contributed by atoms with Crippen LogP contribution >= 0.6 is 0 Å². The van der Waals surface area contributed by atoms with Gasteiger partial charge in [0.25, 0.3) is 0 Å². The molecule has 2 aromatic carbocycles. The largest absolute Gasteiger partial charge is 0.416 e. The first-order chi connectivity index (χ1) is 11.2. The van der Waals surface area contributed by atoms with E-state index in [2.05, 4.69) is 15.2 Å². The zero-order chi connectivity index (χ0) is 15.8. The van der Waals surface area contributed by atoms with Gasteiger partial charge in [0.2, 0.25) is 11.8 Å². The van der Waals surface area contributed by atoms with Gasteiger partial charge in [-0.15, -0.1) is 10.2 Å². The first kappa shape index (κ1) is 13.6. The lowest BCUT2D eigenvalue weighted by Crippen LogP contribution is -1.88. The Balaban J connectivity index is 1.89. The Kier molecular flexibility index (Phi) is 3.15. The second kappa shape index (κ2) is 5.32. The molecule has 2 aromatic heterocycles. The zero-order valence-electron chi connectivity index (χ0n) is 12.9. The molecule has 0 spiro atoms. The number of benzene rings is 2. The summed E-state index contributed by atoms with van der Waals surface area (Å²) >= 11 is 0. The van der Waals surface area contributed by atoms with Crippen molar-refractivity contribution >= 4 is 10.9 Å². The highest BCUT2D eigenvalue weighted by Gasteiger charge is 2.15. The van der Waals surface area contributed by atoms with Gasteiger partial charge in [0.05, 0.1) is 11.1 Å². The summed E-state index contributed by atoms with van der Waals surface area (Å²) in [5.74, 6) is 1.06. The second-order valence-electron chi connectivity index (χ2n) is 5.56. The Morgan fingerprint density at radius 2 is 1.48 bits per heavy atom. The smallest absolute Gasteiger partial charge is 0.248 e. The van der Waals surface area contributed by atoms with Crippen molar-refractivity contribution in [2.24, 2.45) is 0 Å². The Hall–Kier alpha value is -3.01. The van der Waals surface area contributed by atoms with E-state index in [9.17, 15) is 0 Å². The molecule has 4 aromatic rings. The summed E-state index contributed by atoms with van der Waals surface area (Å²) < 4.78 is 5.95. The number of aryl methyl sites for hydroxylation is 2. The molecule has 4 heteroatoms. The van der Waals surface area contributed by atoms with Gasteiger partial charge in [0.15, 0.2) is 0 Å². The van der Waals surface area contributed by atoms with Crippen molar-refractivity contribution in [1.29, 1.82) is 0 Å². The van der Waals surface area contributed by atoms with Crippen LogP contribution in [0.3, 0.4) is 0 Å². The highest BCUT2D eigenvalue weighted by molar-refractivity contribution is 5.92. The maximum atomic E-state index is 5.95. The minimum Gasteiger partial charge on any atom is -0.416 e. The van der Waals surface area contributed by atoms with Gasteiger partial charge in [-0.05, 0) is 37.6 Å². The van der Waals surface area contributed by atoms with E-state index < -0.39 is 0 Å². The topological polar surface area (TPSA) is 51.8 Å². The number of para-hydroxylation sites is 1. The third-order valence-electron chi connectivity index (χ3n) is 3.88. The van der Waals surface area contributed by atoms with Crippen LogP contribution in [-0.2, 0) is 0 Å². The van der Waals surface area contributed by atoms with Crippen molar-refractivity contribution in [2.75, 3.05) is 0 Å². The molecule has 0 amide bonds. The monoisotopic (exact) mass is 301 g/mol. The minimum absolute atomic E-state index is 0.518. The number of hydrogen-bond donors (Lipinski definition) is 0. The van der Waals surface area contributed by atoms with Gasteiger partial charge in [-0.1, -0.05) is 36.4 Å². The van der Waals surface area contributed by atoms with Gasteiger partial charge < -0.3 is 4.42 Å². The number of rotatable bonds is 2. The predicted molar refractivity (Wildman–Crippen MR) is 89.9 cm³/mol. The van der Waals surface area contributed by atoms with Gasteiger partial charge in [0.1, 0.15) is 0 Å². The van der Waals surface area contributed by atoms with E-state index in [0.717, 1.165) is 33.3 Å². The molecule has 0 radical (unpaired) electrons. The third-order valence-corrected chi connectivity index (χ3v) is 3.88. The van der Waals surface area contributed by atoms with E-state index in [1.165, 1.54) is 0 Å². The Morgan fingerprint density at radius 1 is 0.783 bits per heavy atom. The molecule has 4 nitrogen and oxygen atoms in total. The number of pyridine rings is 1. The van der Waals surface area contributed by atoms with E-state index in [1.54, 1.807) is 0 Å². The van der Waals surface area contributed by atoms with E-state index >= 15 is 0 Å². The molecule has 0 atom stereocenters. The molecule has 0 aliphatic heterocycles. The number of aromatic nitrogens is 3. The van der Waals surface area contributed by atoms with Gasteiger partial charge in [0, 0.05) is 16.6 Å². The fraction of sp³-hybridized carbons (Fsp3) is 0.105. The first-order valence-electron chi connectivity index (χ1n) is 7.48. The van der Waals surface area contributed by atoms with E-state index in [-0.39, 0.29) is 0 Å². The molecule has 0 aliphatic rings. The molecule has 4 rings (SSSR count). The summed E-state index contributed by atoms with van der Waals surface area (Å²) in [6.45, 7) is 4.00. The van der Waals surface area contributed by atoms with Crippen LogP contribution in [0.1, 0.15) is 11.3 Å². The van der Waals surface area contributed by atoms with Crippen LogP contribution < -0.4 is 0 Å². The highest BCUT2D eigenvalue weighted by Crippen LogP contribution is 2.30. The zero-order valence-corrected chi connectivity index (χ0v) is 12.9. The standard InChI is InChI=1S/C19H15N3O/c1-12-7-3-4-8-14(12)18-21-22-19(23-18)16-11-13(2)20-17-10-6-5-9-15(16)17/h3-11H,1-2H3. The van der Waals surface area contributed by atoms with Gasteiger partial charge in [-0.2, -0.15) is 0 Å². The quantitative estimate of drug-likeness (QED) is 0.544. The summed E-state index contributed by atoms with van der Waals surface area (Å²) in [6, 6.07) is 17.9. The molecule has 0 saturated heterocycles. The lowest BCUT2D eigenvalue weighted by molar-refractivity contribution is 0.584. The summed E-state index contributed by atoms with van der Waals surface area (Å²) in [5, 5.41) is 9.49. The van der Waals surface area contributed by atoms with Gasteiger partial charge in [-0.25, -0.2) is 0 Å². The average Bonchev–Trinajstić information content (AvgIpc) is 3.04. The Labute approximate surface area is 133 Å². The molecule has 0 saturated carbocycles. The molecular formula is C19H15N3O. The lowest BCUT2D eigenvalue weighted by Gasteiger charge is -2.04. The maximum absolute atomic E-state index is 5.95. The van der Waals surface area contributed by atoms with Crippen LogP contribution in [0.25, 0.3) is 33.8 Å². The highest BCUT2D eigenvalue weighted by atomic mass is 16.4. The normalized spacial score (nSPS) is 11.0. The molecule has 0 N–H and O–H groups in total. The van der Waals surface area contributed by atoms with Crippen LogP contribution in [0, 0.1) is 13.8 Å². The number of fused-ring (bicyclic) bond motifs is 1. The van der Waals surface area contributed by atoms with Crippen LogP contribution in [0.4, 0.5) is 0 Å². The van der Waals surface area contributed by atoms with Crippen molar-refractivity contribution in [2.45, 2.75) is 13.8 Å². The summed E-state index contributed by atoms with van der Waals surface area (Å²) in [4.78, 5) is 4.55. The Bertz CT molecular complexity index is 1000. The average molecular weight is 301 g/mol. The van der Waals surface area contributed by atoms with Crippen molar-refractivity contribution in [3.05, 3.63) is 65.9 Å². The molecule has 2 heterocycles. The second-order valence-corrected chi connectivity index (χ2v) is 5.56. The van der Waals surface area contributed by atoms with Gasteiger partial charge in [-0.3, -0.25) is 4.98 Å². The predicted octanol–water partition coefficient (Wildman–Crippen LogP) is 4.57. The van der Waals surface area contributed by atoms with Crippen LogP contribution in [0.2, 0.25) is 0 Å². The molecule has 0 unspecified atom stereocenters. The molecule has 0 bridgehead atoms. The van der Waals surface area contributed by atoms with E-state index in [1.807, 2.05) is 68.4 Å². The molecule has 0 aliphatic carbocycles. The number of nitrogens with zero attached hydrogens (tertiary/aromatic N) is 3. The van der Waals surface area contributed by atoms with E-state index in [0.29, 0.717) is 11.8 Å². The lowest BCUT2D eigenvalue weighted by atomic mass is 10.1. The molecule has 0 fully saturated rings. The van der Waals surface area contributed by atoms with Crippen molar-refractivity contribution < 1.29 is 4.42 Å². The molecular weight excluding hydrogens is 286 g/mol. The third kappa shape index (κ3) is 2.38. The van der Waals surface area contributed by atoms with E-state index in [4.69, 9.17) is 4.42 Å². The van der Waals surface area contributed by atoms with Crippen LogP contribution in [-0.4, -0.2) is 15.2 Å². The summed E-state index contributed by atoms with van der Waals surface area (Å²) in [5.41, 5.74) is 4.84. The van der Waals surface area contributed by atoms with Crippen molar-refractivity contribution in [1.82, 2.24) is 15.2 Å². The van der Waals surface area contributed by atoms with Gasteiger partial charge >= 0.3 is 0 Å². The SMILES string of the molecule is Cc1cc(-c2nnc(-c3ccccc3C)o2)c2ccccc2n1. The summed E-state index contributed by atoms with van der Waals surface area (Å²) in [7, 11) is 0. The van der Waals surface area contributed by atoms with Crippen LogP contribution in [0.15, 0.2) is 59.0 Å². The fourth-order valence-corrected chi connectivity index (χ4v) is 2.74. The number of hydrogen-bond acceptors (Lipinski definition) is 4. The van der Waals surface area contributed by atoms with Crippen molar-refractivity contribution in [3.63, 3.8) is 0 Å². The summed E-state index contributed by atoms with van der Waals surface area (Å²) in [6.07, 6.45) is 0. The fourth-order valence-electron chi connectivity index (χ4n) is 2.74.